The average Bonchev–Trinajstić information content (AvgIpc) is 2.84. The lowest BCUT2D eigenvalue weighted by molar-refractivity contribution is 0.155. The summed E-state index contributed by atoms with van der Waals surface area (Å²) in [6.45, 7) is 14.5. The van der Waals surface area contributed by atoms with Crippen molar-refractivity contribution in [2.45, 2.75) is 72.5 Å². The molecule has 0 saturated carbocycles. The molecule has 0 N–H and O–H groups in total. The van der Waals surface area contributed by atoms with Gasteiger partial charge < -0.3 is 4.74 Å². The first-order valence-corrected chi connectivity index (χ1v) is 7.08. The van der Waals surface area contributed by atoms with Gasteiger partial charge in [0.05, 0.1) is 11.7 Å². The molecule has 0 spiro atoms. The molecule has 0 aromatic carbocycles. The van der Waals surface area contributed by atoms with Gasteiger partial charge in [0.1, 0.15) is 0 Å². The molecule has 3 atom stereocenters. The van der Waals surface area contributed by atoms with Crippen molar-refractivity contribution < 1.29 is 4.74 Å². The SMILES string of the molecule is CC1CC(C)(C)C2=C(C[C@]3(C)O[C@@H]3C2)C1(C)C. The van der Waals surface area contributed by atoms with Crippen molar-refractivity contribution in [3.8, 4) is 0 Å². The molecular weight excluding hydrogens is 208 g/mol. The zero-order valence-electron chi connectivity index (χ0n) is 12.2. The molecule has 1 aliphatic heterocycles. The summed E-state index contributed by atoms with van der Waals surface area (Å²) in [5.41, 5.74) is 4.38. The van der Waals surface area contributed by atoms with Gasteiger partial charge in [0.15, 0.2) is 0 Å². The Balaban J connectivity index is 2.09. The predicted octanol–water partition coefficient (Wildman–Crippen LogP) is 4.33. The third-order valence-electron chi connectivity index (χ3n) is 5.96. The van der Waals surface area contributed by atoms with E-state index in [1.807, 2.05) is 0 Å². The summed E-state index contributed by atoms with van der Waals surface area (Å²) in [6.07, 6.45) is 4.20. The Hall–Kier alpha value is -0.300. The molecule has 2 aliphatic carbocycles. The van der Waals surface area contributed by atoms with Crippen LogP contribution in [0.3, 0.4) is 0 Å². The zero-order valence-corrected chi connectivity index (χ0v) is 12.2. The van der Waals surface area contributed by atoms with Crippen molar-refractivity contribution >= 4 is 0 Å². The summed E-state index contributed by atoms with van der Waals surface area (Å²) in [4.78, 5) is 0. The summed E-state index contributed by atoms with van der Waals surface area (Å²) in [5, 5.41) is 0. The van der Waals surface area contributed by atoms with Gasteiger partial charge >= 0.3 is 0 Å². The van der Waals surface area contributed by atoms with Crippen molar-refractivity contribution in [2.75, 3.05) is 0 Å². The van der Waals surface area contributed by atoms with Crippen LogP contribution in [0.25, 0.3) is 0 Å². The lowest BCUT2D eigenvalue weighted by Gasteiger charge is -2.50. The summed E-state index contributed by atoms with van der Waals surface area (Å²) >= 11 is 0. The van der Waals surface area contributed by atoms with E-state index in [2.05, 4.69) is 41.5 Å². The molecule has 0 amide bonds. The van der Waals surface area contributed by atoms with Crippen molar-refractivity contribution in [3.63, 3.8) is 0 Å². The van der Waals surface area contributed by atoms with Crippen molar-refractivity contribution in [2.24, 2.45) is 16.7 Å². The summed E-state index contributed by atoms with van der Waals surface area (Å²) in [7, 11) is 0. The molecule has 17 heavy (non-hydrogen) atoms. The fourth-order valence-electron chi connectivity index (χ4n) is 4.21. The number of ether oxygens (including phenoxy) is 1. The minimum absolute atomic E-state index is 0.184. The van der Waals surface area contributed by atoms with Crippen LogP contribution in [-0.4, -0.2) is 11.7 Å². The van der Waals surface area contributed by atoms with Gasteiger partial charge in [-0.3, -0.25) is 0 Å². The molecular formula is C16H26O. The second kappa shape index (κ2) is 2.99. The van der Waals surface area contributed by atoms with Gasteiger partial charge in [0.25, 0.3) is 0 Å². The lowest BCUT2D eigenvalue weighted by Crippen LogP contribution is -2.41. The topological polar surface area (TPSA) is 12.5 Å². The van der Waals surface area contributed by atoms with Crippen LogP contribution in [0.15, 0.2) is 11.1 Å². The van der Waals surface area contributed by atoms with E-state index in [1.165, 1.54) is 19.3 Å². The first kappa shape index (κ1) is 11.8. The van der Waals surface area contributed by atoms with Crippen LogP contribution in [0.2, 0.25) is 0 Å². The van der Waals surface area contributed by atoms with Crippen LogP contribution in [-0.2, 0) is 4.74 Å². The molecule has 1 heterocycles. The van der Waals surface area contributed by atoms with Crippen LogP contribution in [0, 0.1) is 16.7 Å². The number of fused-ring (bicyclic) bond motifs is 1. The molecule has 96 valence electrons. The van der Waals surface area contributed by atoms with E-state index in [4.69, 9.17) is 4.74 Å². The molecule has 1 fully saturated rings. The highest BCUT2D eigenvalue weighted by Gasteiger charge is 2.59. The van der Waals surface area contributed by atoms with Crippen LogP contribution >= 0.6 is 0 Å². The predicted molar refractivity (Wildman–Crippen MR) is 70.9 cm³/mol. The van der Waals surface area contributed by atoms with Crippen LogP contribution in [0.1, 0.15) is 60.8 Å². The van der Waals surface area contributed by atoms with E-state index in [9.17, 15) is 0 Å². The number of rotatable bonds is 0. The second-order valence-electron chi connectivity index (χ2n) is 7.97. The summed E-state index contributed by atoms with van der Waals surface area (Å²) in [6, 6.07) is 0. The molecule has 0 radical (unpaired) electrons. The molecule has 1 nitrogen and oxygen atoms in total. The van der Waals surface area contributed by atoms with Crippen LogP contribution in [0.4, 0.5) is 0 Å². The third kappa shape index (κ3) is 1.47. The summed E-state index contributed by atoms with van der Waals surface area (Å²) in [5.74, 6) is 0.773. The van der Waals surface area contributed by atoms with Gasteiger partial charge in [-0.1, -0.05) is 45.8 Å². The largest absolute Gasteiger partial charge is 0.366 e. The van der Waals surface area contributed by atoms with Crippen molar-refractivity contribution in [1.82, 2.24) is 0 Å². The monoisotopic (exact) mass is 234 g/mol. The molecule has 0 aromatic rings. The van der Waals surface area contributed by atoms with E-state index >= 15 is 0 Å². The summed E-state index contributed by atoms with van der Waals surface area (Å²) < 4.78 is 5.94. The average molecular weight is 234 g/mol. The van der Waals surface area contributed by atoms with E-state index < -0.39 is 0 Å². The Kier molecular flexibility index (Phi) is 2.07. The van der Waals surface area contributed by atoms with Crippen LogP contribution < -0.4 is 0 Å². The molecule has 3 aliphatic rings. The number of hydrogen-bond donors (Lipinski definition) is 0. The third-order valence-corrected chi connectivity index (χ3v) is 5.96. The van der Waals surface area contributed by atoms with Gasteiger partial charge in [-0.15, -0.1) is 0 Å². The Morgan fingerprint density at radius 1 is 1.06 bits per heavy atom. The first-order valence-electron chi connectivity index (χ1n) is 7.08. The van der Waals surface area contributed by atoms with Gasteiger partial charge in [-0.25, -0.2) is 0 Å². The molecule has 0 aromatic heterocycles. The Morgan fingerprint density at radius 3 is 2.35 bits per heavy atom. The second-order valence-corrected chi connectivity index (χ2v) is 7.97. The fourth-order valence-corrected chi connectivity index (χ4v) is 4.21. The highest BCUT2D eigenvalue weighted by Crippen LogP contribution is 2.62. The minimum atomic E-state index is 0.184. The molecule has 1 saturated heterocycles. The van der Waals surface area contributed by atoms with Crippen LogP contribution in [0.5, 0.6) is 0 Å². The minimum Gasteiger partial charge on any atom is -0.366 e. The van der Waals surface area contributed by atoms with Gasteiger partial charge in [-0.05, 0) is 36.5 Å². The molecule has 1 heteroatoms. The van der Waals surface area contributed by atoms with Crippen molar-refractivity contribution in [3.05, 3.63) is 11.1 Å². The van der Waals surface area contributed by atoms with E-state index in [1.54, 1.807) is 11.1 Å². The highest BCUT2D eigenvalue weighted by molar-refractivity contribution is 5.38. The van der Waals surface area contributed by atoms with Gasteiger partial charge in [0.2, 0.25) is 0 Å². The smallest absolute Gasteiger partial charge is 0.0960 e. The quantitative estimate of drug-likeness (QED) is 0.449. The highest BCUT2D eigenvalue weighted by atomic mass is 16.6. The fraction of sp³-hybridized carbons (Fsp3) is 0.875. The molecule has 0 bridgehead atoms. The van der Waals surface area contributed by atoms with E-state index in [0.717, 1.165) is 5.92 Å². The maximum absolute atomic E-state index is 5.94. The Labute approximate surface area is 106 Å². The molecule has 3 rings (SSSR count). The van der Waals surface area contributed by atoms with Crippen molar-refractivity contribution in [1.29, 1.82) is 0 Å². The number of epoxide rings is 1. The molecule has 1 unspecified atom stereocenters. The maximum atomic E-state index is 5.94. The van der Waals surface area contributed by atoms with Gasteiger partial charge in [0, 0.05) is 6.42 Å². The first-order chi connectivity index (χ1) is 7.67. The normalized spacial score (nSPS) is 46.2. The Morgan fingerprint density at radius 2 is 1.71 bits per heavy atom. The number of hydrogen-bond acceptors (Lipinski definition) is 1. The van der Waals surface area contributed by atoms with E-state index in [-0.39, 0.29) is 5.60 Å². The maximum Gasteiger partial charge on any atom is 0.0960 e. The Bertz CT molecular complexity index is 402. The standard InChI is InChI=1S/C16H26O/c1-10-8-14(2,3)11-7-13-16(6,17-13)9-12(11)15(10,4)5/h10,13H,7-9H2,1-6H3/t10?,13-,16+/m1/s1. The van der Waals surface area contributed by atoms with Gasteiger partial charge in [-0.2, -0.15) is 0 Å². The lowest BCUT2D eigenvalue weighted by atomic mass is 9.54. The zero-order chi connectivity index (χ0) is 12.6. The van der Waals surface area contributed by atoms with E-state index in [0.29, 0.717) is 16.9 Å².